The number of thioether (sulfide) groups is 1. The highest BCUT2D eigenvalue weighted by Gasteiger charge is 2.07. The lowest BCUT2D eigenvalue weighted by atomic mass is 10.3. The second-order valence-electron chi connectivity index (χ2n) is 4.32. The fourth-order valence-electron chi connectivity index (χ4n) is 1.75. The number of hydrogen-bond acceptors (Lipinski definition) is 5. The van der Waals surface area contributed by atoms with Crippen molar-refractivity contribution in [1.82, 2.24) is 9.97 Å². The number of para-hydroxylation sites is 1. The molecular formula is C15H19N3OS. The van der Waals surface area contributed by atoms with Crippen LogP contribution in [0.15, 0.2) is 35.2 Å². The average molecular weight is 289 g/mol. The van der Waals surface area contributed by atoms with Gasteiger partial charge in [0.15, 0.2) is 0 Å². The monoisotopic (exact) mass is 289 g/mol. The Morgan fingerprint density at radius 1 is 1.25 bits per heavy atom. The van der Waals surface area contributed by atoms with E-state index in [0.29, 0.717) is 11.7 Å². The maximum Gasteiger partial charge on any atom is 0.224 e. The first-order valence-electron chi connectivity index (χ1n) is 6.63. The van der Waals surface area contributed by atoms with Gasteiger partial charge in [0.2, 0.25) is 5.88 Å². The summed E-state index contributed by atoms with van der Waals surface area (Å²) in [6.07, 6.45) is 3.08. The number of aromatic nitrogens is 2. The van der Waals surface area contributed by atoms with E-state index in [2.05, 4.69) is 22.2 Å². The molecule has 0 fully saturated rings. The van der Waals surface area contributed by atoms with E-state index in [1.807, 2.05) is 43.5 Å². The van der Waals surface area contributed by atoms with Crippen LogP contribution in [0.4, 0.5) is 5.82 Å². The van der Waals surface area contributed by atoms with Gasteiger partial charge in [0.05, 0.1) is 0 Å². The molecule has 0 bridgehead atoms. The number of ether oxygens (including phenoxy) is 1. The van der Waals surface area contributed by atoms with Crippen molar-refractivity contribution in [3.63, 3.8) is 0 Å². The highest BCUT2D eigenvalue weighted by Crippen LogP contribution is 2.30. The SMILES string of the molecule is CCCNc1cc(Oc2ccccc2SC)nc(C)n1. The van der Waals surface area contributed by atoms with Gasteiger partial charge >= 0.3 is 0 Å². The standard InChI is InChI=1S/C15H19N3OS/c1-4-9-16-14-10-15(18-11(2)17-14)19-12-7-5-6-8-13(12)20-3/h5-8,10H,4,9H2,1-3H3,(H,16,17,18). The molecule has 2 rings (SSSR count). The Kier molecular flexibility index (Phi) is 5.24. The molecule has 2 aromatic rings. The summed E-state index contributed by atoms with van der Waals surface area (Å²) >= 11 is 1.65. The van der Waals surface area contributed by atoms with Crippen LogP contribution in [0.25, 0.3) is 0 Å². The minimum atomic E-state index is 0.567. The maximum absolute atomic E-state index is 5.89. The van der Waals surface area contributed by atoms with Crippen LogP contribution in [-0.4, -0.2) is 22.8 Å². The highest BCUT2D eigenvalue weighted by atomic mass is 32.2. The molecule has 106 valence electrons. The molecular weight excluding hydrogens is 270 g/mol. The lowest BCUT2D eigenvalue weighted by Gasteiger charge is -2.11. The van der Waals surface area contributed by atoms with Gasteiger partial charge in [0.25, 0.3) is 0 Å². The van der Waals surface area contributed by atoms with Crippen molar-refractivity contribution in [3.8, 4) is 11.6 Å². The molecule has 0 aliphatic heterocycles. The fourth-order valence-corrected chi connectivity index (χ4v) is 2.28. The quantitative estimate of drug-likeness (QED) is 0.810. The van der Waals surface area contributed by atoms with Crippen molar-refractivity contribution in [2.75, 3.05) is 18.1 Å². The molecule has 0 radical (unpaired) electrons. The van der Waals surface area contributed by atoms with E-state index in [4.69, 9.17) is 4.74 Å². The normalized spacial score (nSPS) is 10.3. The summed E-state index contributed by atoms with van der Waals surface area (Å²) in [7, 11) is 0. The summed E-state index contributed by atoms with van der Waals surface area (Å²) in [5.74, 6) is 2.89. The molecule has 0 unspecified atom stereocenters. The van der Waals surface area contributed by atoms with E-state index in [-0.39, 0.29) is 0 Å². The average Bonchev–Trinajstić information content (AvgIpc) is 2.45. The predicted octanol–water partition coefficient (Wildman–Crippen LogP) is 4.12. The van der Waals surface area contributed by atoms with E-state index < -0.39 is 0 Å². The van der Waals surface area contributed by atoms with Crippen LogP contribution in [0, 0.1) is 6.92 Å². The van der Waals surface area contributed by atoms with Crippen molar-refractivity contribution in [2.24, 2.45) is 0 Å². The molecule has 0 amide bonds. The summed E-state index contributed by atoms with van der Waals surface area (Å²) in [4.78, 5) is 9.77. The summed E-state index contributed by atoms with van der Waals surface area (Å²) < 4.78 is 5.89. The Labute approximate surface area is 124 Å². The highest BCUT2D eigenvalue weighted by molar-refractivity contribution is 7.98. The molecule has 1 aromatic carbocycles. The van der Waals surface area contributed by atoms with Crippen LogP contribution >= 0.6 is 11.8 Å². The molecule has 0 aliphatic rings. The Morgan fingerprint density at radius 3 is 2.80 bits per heavy atom. The van der Waals surface area contributed by atoms with Gasteiger partial charge in [0.1, 0.15) is 17.4 Å². The molecule has 1 heterocycles. The molecule has 0 atom stereocenters. The van der Waals surface area contributed by atoms with Crippen molar-refractivity contribution in [1.29, 1.82) is 0 Å². The first-order chi connectivity index (χ1) is 9.72. The number of hydrogen-bond donors (Lipinski definition) is 1. The number of rotatable bonds is 6. The molecule has 0 saturated carbocycles. The molecule has 0 spiro atoms. The van der Waals surface area contributed by atoms with E-state index >= 15 is 0 Å². The van der Waals surface area contributed by atoms with Crippen LogP contribution in [-0.2, 0) is 0 Å². The van der Waals surface area contributed by atoms with Crippen LogP contribution in [0.5, 0.6) is 11.6 Å². The van der Waals surface area contributed by atoms with E-state index in [1.54, 1.807) is 11.8 Å². The summed E-state index contributed by atoms with van der Waals surface area (Å²) in [5, 5.41) is 3.25. The Balaban J connectivity index is 2.22. The minimum absolute atomic E-state index is 0.567. The summed E-state index contributed by atoms with van der Waals surface area (Å²) in [6, 6.07) is 9.77. The number of nitrogens with zero attached hydrogens (tertiary/aromatic N) is 2. The largest absolute Gasteiger partial charge is 0.438 e. The molecule has 1 N–H and O–H groups in total. The smallest absolute Gasteiger partial charge is 0.224 e. The van der Waals surface area contributed by atoms with Crippen LogP contribution in [0.1, 0.15) is 19.2 Å². The second kappa shape index (κ2) is 7.14. The van der Waals surface area contributed by atoms with Gasteiger partial charge in [-0.3, -0.25) is 0 Å². The van der Waals surface area contributed by atoms with E-state index in [0.717, 1.165) is 29.4 Å². The Morgan fingerprint density at radius 2 is 2.05 bits per heavy atom. The molecule has 4 nitrogen and oxygen atoms in total. The zero-order chi connectivity index (χ0) is 14.4. The number of aryl methyl sites for hydroxylation is 1. The zero-order valence-corrected chi connectivity index (χ0v) is 12.8. The third-order valence-electron chi connectivity index (χ3n) is 2.65. The first kappa shape index (κ1) is 14.7. The Bertz CT molecular complexity index is 575. The van der Waals surface area contributed by atoms with Gasteiger partial charge in [-0.25, -0.2) is 4.98 Å². The topological polar surface area (TPSA) is 47.0 Å². The lowest BCUT2D eigenvalue weighted by molar-refractivity contribution is 0.449. The molecule has 5 heteroatoms. The minimum Gasteiger partial charge on any atom is -0.438 e. The number of benzene rings is 1. The van der Waals surface area contributed by atoms with Gasteiger partial charge in [-0.15, -0.1) is 11.8 Å². The molecule has 0 saturated heterocycles. The zero-order valence-electron chi connectivity index (χ0n) is 12.0. The van der Waals surface area contributed by atoms with E-state index in [1.165, 1.54) is 0 Å². The van der Waals surface area contributed by atoms with Crippen molar-refractivity contribution < 1.29 is 4.74 Å². The third-order valence-corrected chi connectivity index (χ3v) is 3.43. The Hall–Kier alpha value is -1.75. The van der Waals surface area contributed by atoms with Crippen molar-refractivity contribution in [3.05, 3.63) is 36.2 Å². The van der Waals surface area contributed by atoms with E-state index in [9.17, 15) is 0 Å². The molecule has 20 heavy (non-hydrogen) atoms. The van der Waals surface area contributed by atoms with Crippen molar-refractivity contribution in [2.45, 2.75) is 25.2 Å². The van der Waals surface area contributed by atoms with Gasteiger partial charge in [-0.2, -0.15) is 4.98 Å². The summed E-state index contributed by atoms with van der Waals surface area (Å²) in [5.41, 5.74) is 0. The number of nitrogens with one attached hydrogen (secondary N) is 1. The van der Waals surface area contributed by atoms with Crippen LogP contribution in [0.3, 0.4) is 0 Å². The predicted molar refractivity (Wildman–Crippen MR) is 83.8 cm³/mol. The molecule has 0 aliphatic carbocycles. The summed E-state index contributed by atoms with van der Waals surface area (Å²) in [6.45, 7) is 4.87. The van der Waals surface area contributed by atoms with Gasteiger partial charge in [0, 0.05) is 17.5 Å². The first-order valence-corrected chi connectivity index (χ1v) is 7.86. The van der Waals surface area contributed by atoms with Crippen LogP contribution < -0.4 is 10.1 Å². The van der Waals surface area contributed by atoms with Gasteiger partial charge < -0.3 is 10.1 Å². The second-order valence-corrected chi connectivity index (χ2v) is 5.17. The third kappa shape index (κ3) is 3.87. The van der Waals surface area contributed by atoms with Gasteiger partial charge in [-0.05, 0) is 31.7 Å². The number of anilines is 1. The maximum atomic E-state index is 5.89. The lowest BCUT2D eigenvalue weighted by Crippen LogP contribution is -2.04. The van der Waals surface area contributed by atoms with Crippen molar-refractivity contribution >= 4 is 17.6 Å². The van der Waals surface area contributed by atoms with Gasteiger partial charge in [-0.1, -0.05) is 19.1 Å². The molecule has 1 aromatic heterocycles. The van der Waals surface area contributed by atoms with Crippen LogP contribution in [0.2, 0.25) is 0 Å². The fraction of sp³-hybridized carbons (Fsp3) is 0.333.